The first-order chi connectivity index (χ1) is 11.3. The number of halogens is 1. The number of rotatable bonds is 7. The van der Waals surface area contributed by atoms with Gasteiger partial charge in [0.15, 0.2) is 0 Å². The van der Waals surface area contributed by atoms with Crippen LogP contribution in [0.4, 0.5) is 4.39 Å². The van der Waals surface area contributed by atoms with E-state index in [9.17, 15) is 9.50 Å². The average molecular weight is 335 g/mol. The zero-order valence-electron chi connectivity index (χ0n) is 15.0. The van der Waals surface area contributed by atoms with Gasteiger partial charge in [0, 0.05) is 18.2 Å². The first-order valence-electron chi connectivity index (χ1n) is 9.07. The maximum absolute atomic E-state index is 13.5. The van der Waals surface area contributed by atoms with Gasteiger partial charge in [-0.15, -0.1) is 0 Å². The first kappa shape index (κ1) is 17.8. The summed E-state index contributed by atoms with van der Waals surface area (Å²) >= 11 is 0. The molecule has 1 aromatic rings. The largest absolute Gasteiger partial charge is 0.389 e. The van der Waals surface area contributed by atoms with E-state index in [-0.39, 0.29) is 19.0 Å². The Labute approximate surface area is 144 Å². The third-order valence-corrected chi connectivity index (χ3v) is 6.92. The Kier molecular flexibility index (Phi) is 5.01. The predicted octanol–water partition coefficient (Wildman–Crippen LogP) is 3.51. The van der Waals surface area contributed by atoms with Crippen LogP contribution in [0.1, 0.15) is 45.6 Å². The van der Waals surface area contributed by atoms with Crippen LogP contribution >= 0.6 is 0 Å². The molecule has 2 saturated carbocycles. The van der Waals surface area contributed by atoms with Gasteiger partial charge >= 0.3 is 0 Å². The van der Waals surface area contributed by atoms with Crippen molar-refractivity contribution in [2.45, 2.75) is 58.8 Å². The number of hydrogen-bond donors (Lipinski definition) is 2. The molecule has 0 saturated heterocycles. The zero-order chi connectivity index (χ0) is 17.4. The minimum Gasteiger partial charge on any atom is -0.389 e. The van der Waals surface area contributed by atoms with Gasteiger partial charge in [0.2, 0.25) is 0 Å². The summed E-state index contributed by atoms with van der Waals surface area (Å²) in [6.07, 6.45) is 3.23. The summed E-state index contributed by atoms with van der Waals surface area (Å²) in [6, 6.07) is 7.05. The molecule has 2 bridgehead atoms. The second-order valence-corrected chi connectivity index (χ2v) is 8.33. The minimum atomic E-state index is -0.567. The van der Waals surface area contributed by atoms with Crippen molar-refractivity contribution in [3.05, 3.63) is 35.6 Å². The van der Waals surface area contributed by atoms with E-state index in [4.69, 9.17) is 4.74 Å². The van der Waals surface area contributed by atoms with Crippen LogP contribution in [0.5, 0.6) is 0 Å². The summed E-state index contributed by atoms with van der Waals surface area (Å²) in [7, 11) is 0. The number of aliphatic hydroxyl groups excluding tert-OH is 1. The van der Waals surface area contributed by atoms with Crippen LogP contribution in [0.15, 0.2) is 24.3 Å². The van der Waals surface area contributed by atoms with Crippen molar-refractivity contribution in [3.8, 4) is 0 Å². The van der Waals surface area contributed by atoms with Crippen LogP contribution in [0.25, 0.3) is 0 Å². The van der Waals surface area contributed by atoms with Crippen LogP contribution in [0.3, 0.4) is 0 Å². The Morgan fingerprint density at radius 3 is 2.71 bits per heavy atom. The molecule has 0 heterocycles. The molecule has 2 aliphatic rings. The summed E-state index contributed by atoms with van der Waals surface area (Å²) in [5.74, 6) is 0.525. The lowest BCUT2D eigenvalue weighted by Gasteiger charge is -2.40. The van der Waals surface area contributed by atoms with Gasteiger partial charge in [0.05, 0.1) is 19.3 Å². The van der Waals surface area contributed by atoms with E-state index in [2.05, 4.69) is 26.1 Å². The molecule has 0 radical (unpaired) electrons. The standard InChI is InChI=1S/C20H30FNO2/c1-19(2)15-8-9-20(19,3)18(10-15)22-11-16(23)13-24-12-14-6-4-5-7-17(14)21/h4-7,15-16,18,22-23H,8-13H2,1-3H3/t15-,16-,18+,20+/m1/s1. The summed E-state index contributed by atoms with van der Waals surface area (Å²) in [5.41, 5.74) is 1.21. The molecule has 0 unspecified atom stereocenters. The van der Waals surface area contributed by atoms with Crippen LogP contribution in [0.2, 0.25) is 0 Å². The fourth-order valence-electron chi connectivity index (χ4n) is 4.77. The molecule has 0 aromatic heterocycles. The molecule has 24 heavy (non-hydrogen) atoms. The fraction of sp³-hybridized carbons (Fsp3) is 0.700. The Morgan fingerprint density at radius 2 is 2.08 bits per heavy atom. The zero-order valence-corrected chi connectivity index (χ0v) is 15.0. The number of ether oxygens (including phenoxy) is 1. The molecule has 0 aliphatic heterocycles. The highest BCUT2D eigenvalue weighted by atomic mass is 19.1. The van der Waals surface area contributed by atoms with Crippen LogP contribution < -0.4 is 5.32 Å². The second-order valence-electron chi connectivity index (χ2n) is 8.33. The van der Waals surface area contributed by atoms with E-state index in [1.54, 1.807) is 18.2 Å². The molecular formula is C20H30FNO2. The fourth-order valence-corrected chi connectivity index (χ4v) is 4.77. The number of aliphatic hydroxyl groups is 1. The molecule has 134 valence electrons. The molecule has 0 amide bonds. The molecule has 1 aromatic carbocycles. The molecule has 2 N–H and O–H groups in total. The van der Waals surface area contributed by atoms with E-state index >= 15 is 0 Å². The molecule has 3 rings (SSSR count). The summed E-state index contributed by atoms with van der Waals surface area (Å²) in [4.78, 5) is 0. The molecule has 0 spiro atoms. The first-order valence-corrected chi connectivity index (χ1v) is 9.07. The number of nitrogens with one attached hydrogen (secondary N) is 1. The van der Waals surface area contributed by atoms with Crippen molar-refractivity contribution in [1.29, 1.82) is 0 Å². The van der Waals surface area contributed by atoms with Gasteiger partial charge in [-0.3, -0.25) is 0 Å². The molecular weight excluding hydrogens is 305 g/mol. The quantitative estimate of drug-likeness (QED) is 0.801. The monoisotopic (exact) mass is 335 g/mol. The lowest BCUT2D eigenvalue weighted by atomic mass is 9.69. The topological polar surface area (TPSA) is 41.5 Å². The van der Waals surface area contributed by atoms with Crippen LogP contribution in [0, 0.1) is 22.6 Å². The Bertz CT molecular complexity index is 577. The van der Waals surface area contributed by atoms with Crippen molar-refractivity contribution >= 4 is 0 Å². The lowest BCUT2D eigenvalue weighted by Crippen LogP contribution is -2.47. The maximum atomic E-state index is 13.5. The third kappa shape index (κ3) is 3.12. The molecule has 2 aliphatic carbocycles. The van der Waals surface area contributed by atoms with Gasteiger partial charge in [0.1, 0.15) is 5.82 Å². The summed E-state index contributed by atoms with van der Waals surface area (Å²) in [6.45, 7) is 8.11. The van der Waals surface area contributed by atoms with Crippen molar-refractivity contribution in [2.75, 3.05) is 13.2 Å². The van der Waals surface area contributed by atoms with Gasteiger partial charge < -0.3 is 15.2 Å². The summed E-state index contributed by atoms with van der Waals surface area (Å²) < 4.78 is 19.0. The highest BCUT2D eigenvalue weighted by Gasteiger charge is 2.60. The smallest absolute Gasteiger partial charge is 0.128 e. The SMILES string of the molecule is CC1(C)[C@@H]2CC[C@@]1(C)[C@@H](NC[C@@H](O)COCc1ccccc1F)C2. The van der Waals surface area contributed by atoms with Crippen molar-refractivity contribution in [3.63, 3.8) is 0 Å². The average Bonchev–Trinajstić information content (AvgIpc) is 2.88. The third-order valence-electron chi connectivity index (χ3n) is 6.92. The van der Waals surface area contributed by atoms with Gasteiger partial charge in [-0.1, -0.05) is 39.0 Å². The van der Waals surface area contributed by atoms with Crippen LogP contribution in [-0.2, 0) is 11.3 Å². The number of fused-ring (bicyclic) bond motifs is 2. The van der Waals surface area contributed by atoms with Crippen molar-refractivity contribution in [1.82, 2.24) is 5.32 Å². The van der Waals surface area contributed by atoms with E-state index in [0.717, 1.165) is 5.92 Å². The van der Waals surface area contributed by atoms with E-state index in [1.165, 1.54) is 25.3 Å². The normalized spacial score (nSPS) is 32.2. The Morgan fingerprint density at radius 1 is 1.33 bits per heavy atom. The highest BCUT2D eigenvalue weighted by Crippen LogP contribution is 2.65. The van der Waals surface area contributed by atoms with Gasteiger partial charge in [-0.25, -0.2) is 4.39 Å². The number of benzene rings is 1. The molecule has 3 nitrogen and oxygen atoms in total. The summed E-state index contributed by atoms with van der Waals surface area (Å²) in [5, 5.41) is 13.7. The van der Waals surface area contributed by atoms with Gasteiger partial charge in [-0.05, 0) is 42.1 Å². The van der Waals surface area contributed by atoms with Crippen LogP contribution in [-0.4, -0.2) is 30.4 Å². The minimum absolute atomic E-state index is 0.194. The number of hydrogen-bond acceptors (Lipinski definition) is 3. The molecule has 4 atom stereocenters. The highest BCUT2D eigenvalue weighted by molar-refractivity contribution is 5.16. The van der Waals surface area contributed by atoms with E-state index < -0.39 is 6.10 Å². The maximum Gasteiger partial charge on any atom is 0.128 e. The second kappa shape index (κ2) is 6.74. The molecule has 4 heteroatoms. The Balaban J connectivity index is 1.42. The van der Waals surface area contributed by atoms with Gasteiger partial charge in [0.25, 0.3) is 0 Å². The Hall–Kier alpha value is -0.970. The van der Waals surface area contributed by atoms with Crippen molar-refractivity contribution < 1.29 is 14.2 Å². The lowest BCUT2D eigenvalue weighted by molar-refractivity contribution is 0.0223. The van der Waals surface area contributed by atoms with E-state index in [0.29, 0.717) is 29.0 Å². The van der Waals surface area contributed by atoms with Gasteiger partial charge in [-0.2, -0.15) is 0 Å². The molecule has 2 fully saturated rings. The van der Waals surface area contributed by atoms with Crippen molar-refractivity contribution in [2.24, 2.45) is 16.7 Å². The van der Waals surface area contributed by atoms with E-state index in [1.807, 2.05) is 0 Å². The predicted molar refractivity (Wildman–Crippen MR) is 93.1 cm³/mol.